The first kappa shape index (κ1) is 19.8. The molecule has 0 spiro atoms. The van der Waals surface area contributed by atoms with Crippen molar-refractivity contribution in [2.75, 3.05) is 12.3 Å². The molecule has 6 nitrogen and oxygen atoms in total. The SMILES string of the molecule is CC(Oc1cc(-c2cnc3c(n2)CNCC3)cnc1N)c1c(Cl)ccc(F)c1Cl. The zero-order valence-corrected chi connectivity index (χ0v) is 17.1. The molecule has 9 heteroatoms. The quantitative estimate of drug-likeness (QED) is 0.594. The van der Waals surface area contributed by atoms with Gasteiger partial charge in [-0.1, -0.05) is 23.2 Å². The van der Waals surface area contributed by atoms with Crippen LogP contribution in [-0.4, -0.2) is 21.5 Å². The molecule has 1 atom stereocenters. The number of fused-ring (bicyclic) bond motifs is 1. The second-order valence-corrected chi connectivity index (χ2v) is 7.48. The number of benzene rings is 1. The van der Waals surface area contributed by atoms with Crippen molar-refractivity contribution in [1.29, 1.82) is 0 Å². The zero-order chi connectivity index (χ0) is 20.5. The lowest BCUT2D eigenvalue weighted by Gasteiger charge is -2.19. The van der Waals surface area contributed by atoms with Crippen LogP contribution in [0.4, 0.5) is 10.2 Å². The molecule has 1 aliphatic heterocycles. The van der Waals surface area contributed by atoms with Crippen LogP contribution in [0.3, 0.4) is 0 Å². The number of aromatic nitrogens is 3. The fourth-order valence-electron chi connectivity index (χ4n) is 3.21. The van der Waals surface area contributed by atoms with Crippen LogP contribution in [0.15, 0.2) is 30.6 Å². The van der Waals surface area contributed by atoms with Crippen LogP contribution in [0.2, 0.25) is 10.0 Å². The van der Waals surface area contributed by atoms with Crippen LogP contribution >= 0.6 is 23.2 Å². The van der Waals surface area contributed by atoms with Gasteiger partial charge in [0.25, 0.3) is 0 Å². The van der Waals surface area contributed by atoms with Gasteiger partial charge in [-0.05, 0) is 25.1 Å². The van der Waals surface area contributed by atoms with Crippen LogP contribution in [0.5, 0.6) is 5.75 Å². The minimum Gasteiger partial charge on any atom is -0.482 e. The second-order valence-electron chi connectivity index (χ2n) is 6.70. The molecule has 29 heavy (non-hydrogen) atoms. The maximum Gasteiger partial charge on any atom is 0.166 e. The molecule has 4 rings (SSSR count). The molecule has 0 aliphatic carbocycles. The number of hydrogen-bond acceptors (Lipinski definition) is 6. The van der Waals surface area contributed by atoms with Crippen molar-refractivity contribution >= 4 is 29.0 Å². The Hall–Kier alpha value is -2.48. The minimum absolute atomic E-state index is 0.0826. The van der Waals surface area contributed by atoms with Crippen molar-refractivity contribution in [1.82, 2.24) is 20.3 Å². The standard InChI is InChI=1S/C20H18Cl2FN5O/c1-10(18-12(21)2-3-13(23)19(18)22)29-17-6-11(7-27-20(17)24)15-9-26-14-4-5-25-8-16(14)28-15/h2-3,6-7,9-10,25H,4-5,8H2,1H3,(H2,24,27). The predicted molar refractivity (Wildman–Crippen MR) is 111 cm³/mol. The van der Waals surface area contributed by atoms with E-state index >= 15 is 0 Å². The molecule has 1 aliphatic rings. The molecule has 3 aromatic rings. The molecule has 3 N–H and O–H groups in total. The highest BCUT2D eigenvalue weighted by atomic mass is 35.5. The molecule has 1 aromatic carbocycles. The Morgan fingerprint density at radius 2 is 2.03 bits per heavy atom. The lowest BCUT2D eigenvalue weighted by molar-refractivity contribution is 0.227. The lowest BCUT2D eigenvalue weighted by Crippen LogP contribution is -2.25. The predicted octanol–water partition coefficient (Wildman–Crippen LogP) is 4.35. The minimum atomic E-state index is -0.649. The highest BCUT2D eigenvalue weighted by Gasteiger charge is 2.20. The van der Waals surface area contributed by atoms with Gasteiger partial charge in [0, 0.05) is 41.9 Å². The number of nitrogen functional groups attached to an aromatic ring is 1. The highest BCUT2D eigenvalue weighted by molar-refractivity contribution is 6.36. The molecule has 1 unspecified atom stereocenters. The number of pyridine rings is 1. The molecule has 0 saturated heterocycles. The summed E-state index contributed by atoms with van der Waals surface area (Å²) < 4.78 is 19.8. The van der Waals surface area contributed by atoms with Gasteiger partial charge in [-0.2, -0.15) is 0 Å². The first-order chi connectivity index (χ1) is 13.9. The van der Waals surface area contributed by atoms with Crippen molar-refractivity contribution in [2.24, 2.45) is 0 Å². The van der Waals surface area contributed by atoms with Crippen molar-refractivity contribution < 1.29 is 9.13 Å². The summed E-state index contributed by atoms with van der Waals surface area (Å²) in [5.74, 6) is -0.0554. The van der Waals surface area contributed by atoms with E-state index in [0.29, 0.717) is 34.1 Å². The van der Waals surface area contributed by atoms with Crippen LogP contribution in [0.25, 0.3) is 11.3 Å². The van der Waals surface area contributed by atoms with E-state index in [9.17, 15) is 4.39 Å². The van der Waals surface area contributed by atoms with E-state index < -0.39 is 11.9 Å². The number of nitrogens with two attached hydrogens (primary N) is 1. The zero-order valence-electron chi connectivity index (χ0n) is 15.5. The van der Waals surface area contributed by atoms with E-state index in [4.69, 9.17) is 33.7 Å². The monoisotopic (exact) mass is 433 g/mol. The number of anilines is 1. The number of hydrogen-bond donors (Lipinski definition) is 2. The van der Waals surface area contributed by atoms with Crippen LogP contribution < -0.4 is 15.8 Å². The molecular weight excluding hydrogens is 416 g/mol. The Kier molecular flexibility index (Phi) is 5.54. The molecule has 3 heterocycles. The van der Waals surface area contributed by atoms with Crippen molar-refractivity contribution in [3.63, 3.8) is 0 Å². The molecule has 150 valence electrons. The molecule has 2 aromatic heterocycles. The van der Waals surface area contributed by atoms with Gasteiger partial charge in [0.15, 0.2) is 11.6 Å². The van der Waals surface area contributed by atoms with Gasteiger partial charge in [0.1, 0.15) is 11.9 Å². The summed E-state index contributed by atoms with van der Waals surface area (Å²) >= 11 is 12.3. The third-order valence-corrected chi connectivity index (χ3v) is 5.44. The molecular formula is C20H18Cl2FN5O. The van der Waals surface area contributed by atoms with E-state index in [1.54, 1.807) is 25.4 Å². The van der Waals surface area contributed by atoms with E-state index in [-0.39, 0.29) is 10.8 Å². The van der Waals surface area contributed by atoms with Gasteiger partial charge < -0.3 is 15.8 Å². The summed E-state index contributed by atoms with van der Waals surface area (Å²) in [5.41, 5.74) is 9.62. The van der Waals surface area contributed by atoms with Gasteiger partial charge in [0.2, 0.25) is 0 Å². The number of ether oxygens (including phenoxy) is 1. The Balaban J connectivity index is 1.65. The third kappa shape index (κ3) is 3.99. The number of nitrogens with zero attached hydrogens (tertiary/aromatic N) is 3. The number of nitrogens with one attached hydrogen (secondary N) is 1. The van der Waals surface area contributed by atoms with Gasteiger partial charge in [-0.25, -0.2) is 14.4 Å². The molecule has 0 saturated carbocycles. The van der Waals surface area contributed by atoms with Crippen LogP contribution in [-0.2, 0) is 13.0 Å². The summed E-state index contributed by atoms with van der Waals surface area (Å²) in [6, 6.07) is 4.38. The second kappa shape index (κ2) is 8.10. The molecule has 0 bridgehead atoms. The Labute approximate surface area is 177 Å². The fraction of sp³-hybridized carbons (Fsp3) is 0.250. The van der Waals surface area contributed by atoms with E-state index in [2.05, 4.69) is 20.3 Å². The van der Waals surface area contributed by atoms with E-state index in [0.717, 1.165) is 24.4 Å². The largest absolute Gasteiger partial charge is 0.482 e. The van der Waals surface area contributed by atoms with Gasteiger partial charge >= 0.3 is 0 Å². The summed E-state index contributed by atoms with van der Waals surface area (Å²) in [7, 11) is 0. The Morgan fingerprint density at radius 1 is 1.21 bits per heavy atom. The van der Waals surface area contributed by atoms with Gasteiger partial charge in [-0.15, -0.1) is 0 Å². The van der Waals surface area contributed by atoms with Crippen molar-refractivity contribution in [3.8, 4) is 17.0 Å². The van der Waals surface area contributed by atoms with E-state index in [1.165, 1.54) is 12.1 Å². The first-order valence-electron chi connectivity index (χ1n) is 9.05. The normalized spacial score (nSPS) is 14.3. The topological polar surface area (TPSA) is 86.0 Å². The highest BCUT2D eigenvalue weighted by Crippen LogP contribution is 2.36. The molecule has 0 radical (unpaired) electrons. The van der Waals surface area contributed by atoms with Gasteiger partial charge in [0.05, 0.1) is 28.3 Å². The Bertz CT molecular complexity index is 1080. The smallest absolute Gasteiger partial charge is 0.166 e. The van der Waals surface area contributed by atoms with Crippen LogP contribution in [0.1, 0.15) is 30.0 Å². The van der Waals surface area contributed by atoms with Crippen molar-refractivity contribution in [2.45, 2.75) is 26.0 Å². The maximum absolute atomic E-state index is 13.9. The van der Waals surface area contributed by atoms with Crippen molar-refractivity contribution in [3.05, 3.63) is 63.4 Å². The summed E-state index contributed by atoms with van der Waals surface area (Å²) in [6.07, 6.45) is 3.53. The maximum atomic E-state index is 13.9. The lowest BCUT2D eigenvalue weighted by atomic mass is 10.1. The van der Waals surface area contributed by atoms with Gasteiger partial charge in [-0.3, -0.25) is 4.98 Å². The average Bonchev–Trinajstić information content (AvgIpc) is 2.72. The summed E-state index contributed by atoms with van der Waals surface area (Å²) in [5, 5.41) is 3.50. The first-order valence-corrected chi connectivity index (χ1v) is 9.81. The number of halogens is 3. The summed E-state index contributed by atoms with van der Waals surface area (Å²) in [4.78, 5) is 13.4. The number of rotatable bonds is 4. The summed E-state index contributed by atoms with van der Waals surface area (Å²) in [6.45, 7) is 3.28. The molecule has 0 fully saturated rings. The Morgan fingerprint density at radius 3 is 2.86 bits per heavy atom. The van der Waals surface area contributed by atoms with E-state index in [1.807, 2.05) is 0 Å². The fourth-order valence-corrected chi connectivity index (χ4v) is 3.89. The average molecular weight is 434 g/mol. The van der Waals surface area contributed by atoms with Crippen LogP contribution in [0, 0.1) is 5.82 Å². The molecule has 0 amide bonds. The third-order valence-electron chi connectivity index (χ3n) is 4.73.